The van der Waals surface area contributed by atoms with Crippen molar-refractivity contribution in [2.75, 3.05) is 0 Å². The van der Waals surface area contributed by atoms with E-state index in [0.29, 0.717) is 10.2 Å². The third kappa shape index (κ3) is 3.01. The van der Waals surface area contributed by atoms with Crippen molar-refractivity contribution < 1.29 is 9.32 Å². The summed E-state index contributed by atoms with van der Waals surface area (Å²) >= 11 is 3.23. The Bertz CT molecular complexity index is 573. The van der Waals surface area contributed by atoms with Crippen LogP contribution in [0.15, 0.2) is 27.5 Å². The van der Waals surface area contributed by atoms with Gasteiger partial charge in [0.2, 0.25) is 0 Å². The molecule has 1 amide bonds. The molecule has 1 N–H and O–H groups in total. The molecule has 2 aromatic rings. The number of rotatable bonds is 3. The molecule has 2 heterocycles. The number of carbonyl (C=O) groups is 1. The van der Waals surface area contributed by atoms with E-state index in [1.165, 1.54) is 6.20 Å². The van der Waals surface area contributed by atoms with Crippen molar-refractivity contribution in [3.8, 4) is 0 Å². The van der Waals surface area contributed by atoms with Crippen LogP contribution < -0.4 is 5.32 Å². The number of hydrogen-bond acceptors (Lipinski definition) is 4. The molecule has 100 valence electrons. The maximum absolute atomic E-state index is 12.1. The fraction of sp³-hybridized carbons (Fsp3) is 0.308. The van der Waals surface area contributed by atoms with Gasteiger partial charge in [0.05, 0.1) is 17.3 Å². The highest BCUT2D eigenvalue weighted by atomic mass is 79.9. The van der Waals surface area contributed by atoms with Crippen LogP contribution in [0.5, 0.6) is 0 Å². The van der Waals surface area contributed by atoms with Gasteiger partial charge in [-0.05, 0) is 48.8 Å². The lowest BCUT2D eigenvalue weighted by molar-refractivity contribution is 0.0939. The van der Waals surface area contributed by atoms with Crippen LogP contribution in [0.4, 0.5) is 0 Å². The van der Waals surface area contributed by atoms with E-state index in [1.54, 1.807) is 12.1 Å². The summed E-state index contributed by atoms with van der Waals surface area (Å²) in [5.41, 5.74) is 2.22. The lowest BCUT2D eigenvalue weighted by atomic mass is 10.1. The van der Waals surface area contributed by atoms with Crippen LogP contribution in [0.1, 0.15) is 40.3 Å². The summed E-state index contributed by atoms with van der Waals surface area (Å²) in [7, 11) is 0. The maximum Gasteiger partial charge on any atom is 0.253 e. The van der Waals surface area contributed by atoms with Crippen LogP contribution in [-0.2, 0) is 0 Å². The van der Waals surface area contributed by atoms with Crippen molar-refractivity contribution in [2.24, 2.45) is 0 Å². The first-order chi connectivity index (χ1) is 8.99. The van der Waals surface area contributed by atoms with Crippen molar-refractivity contribution in [1.82, 2.24) is 15.5 Å². The number of nitrogens with zero attached hydrogens (tertiary/aromatic N) is 2. The first-order valence-corrected chi connectivity index (χ1v) is 6.63. The van der Waals surface area contributed by atoms with Gasteiger partial charge >= 0.3 is 0 Å². The minimum Gasteiger partial charge on any atom is -0.361 e. The Morgan fingerprint density at radius 2 is 2.16 bits per heavy atom. The summed E-state index contributed by atoms with van der Waals surface area (Å²) in [6.07, 6.45) is 1.53. The molecule has 0 radical (unpaired) electrons. The van der Waals surface area contributed by atoms with Crippen LogP contribution in [0.2, 0.25) is 0 Å². The third-order valence-electron chi connectivity index (χ3n) is 2.86. The van der Waals surface area contributed by atoms with Crippen molar-refractivity contribution in [1.29, 1.82) is 0 Å². The highest BCUT2D eigenvalue weighted by Gasteiger charge is 2.18. The van der Waals surface area contributed by atoms with E-state index >= 15 is 0 Å². The molecular formula is C13H14BrN3O2. The van der Waals surface area contributed by atoms with E-state index < -0.39 is 0 Å². The average Bonchev–Trinajstić information content (AvgIpc) is 2.69. The van der Waals surface area contributed by atoms with E-state index in [1.807, 2.05) is 20.8 Å². The quantitative estimate of drug-likeness (QED) is 0.882. The van der Waals surface area contributed by atoms with Gasteiger partial charge in [-0.15, -0.1) is 0 Å². The Morgan fingerprint density at radius 3 is 2.68 bits per heavy atom. The van der Waals surface area contributed by atoms with E-state index in [-0.39, 0.29) is 11.9 Å². The molecule has 0 aliphatic heterocycles. The Labute approximate surface area is 119 Å². The Hall–Kier alpha value is -1.69. The first-order valence-electron chi connectivity index (χ1n) is 5.84. The molecule has 0 bridgehead atoms. The van der Waals surface area contributed by atoms with Gasteiger partial charge < -0.3 is 9.84 Å². The number of aryl methyl sites for hydroxylation is 2. The summed E-state index contributed by atoms with van der Waals surface area (Å²) in [4.78, 5) is 16.1. The molecule has 0 aliphatic rings. The molecule has 1 unspecified atom stereocenters. The molecule has 0 saturated carbocycles. The van der Waals surface area contributed by atoms with E-state index in [4.69, 9.17) is 4.52 Å². The number of aromatic nitrogens is 2. The molecule has 0 spiro atoms. The third-order valence-corrected chi connectivity index (χ3v) is 3.33. The van der Waals surface area contributed by atoms with Gasteiger partial charge in [0.15, 0.2) is 0 Å². The van der Waals surface area contributed by atoms with Gasteiger partial charge in [0, 0.05) is 11.8 Å². The van der Waals surface area contributed by atoms with Crippen LogP contribution in [0.25, 0.3) is 0 Å². The van der Waals surface area contributed by atoms with E-state index in [0.717, 1.165) is 17.0 Å². The second-order valence-corrected chi connectivity index (χ2v) is 5.12. The average molecular weight is 324 g/mol. The van der Waals surface area contributed by atoms with Crippen molar-refractivity contribution in [3.05, 3.63) is 45.5 Å². The molecule has 2 rings (SSSR count). The lowest BCUT2D eigenvalue weighted by Crippen LogP contribution is -2.27. The second kappa shape index (κ2) is 5.52. The first kappa shape index (κ1) is 13.7. The molecule has 5 nitrogen and oxygen atoms in total. The molecular weight excluding hydrogens is 310 g/mol. The van der Waals surface area contributed by atoms with Crippen LogP contribution in [-0.4, -0.2) is 16.0 Å². The summed E-state index contributed by atoms with van der Waals surface area (Å²) in [5, 5.41) is 6.79. The number of amides is 1. The van der Waals surface area contributed by atoms with Crippen LogP contribution in [0, 0.1) is 13.8 Å². The maximum atomic E-state index is 12.1. The van der Waals surface area contributed by atoms with Gasteiger partial charge in [0.25, 0.3) is 5.91 Å². The fourth-order valence-electron chi connectivity index (χ4n) is 1.97. The van der Waals surface area contributed by atoms with Gasteiger partial charge in [0.1, 0.15) is 10.4 Å². The highest BCUT2D eigenvalue weighted by Crippen LogP contribution is 2.21. The molecule has 19 heavy (non-hydrogen) atoms. The van der Waals surface area contributed by atoms with Gasteiger partial charge in [-0.3, -0.25) is 4.79 Å². The number of hydrogen-bond donors (Lipinski definition) is 1. The summed E-state index contributed by atoms with van der Waals surface area (Å²) in [6, 6.07) is 3.28. The Morgan fingerprint density at radius 1 is 1.42 bits per heavy atom. The standard InChI is InChI=1S/C13H14BrN3O2/c1-7(12-8(2)17-19-9(12)3)16-13(18)10-4-5-11(14)15-6-10/h4-7H,1-3H3,(H,16,18). The highest BCUT2D eigenvalue weighted by molar-refractivity contribution is 9.10. The summed E-state index contributed by atoms with van der Waals surface area (Å²) in [6.45, 7) is 5.59. The van der Waals surface area contributed by atoms with Crippen LogP contribution in [0.3, 0.4) is 0 Å². The minimum atomic E-state index is -0.174. The zero-order chi connectivity index (χ0) is 14.0. The zero-order valence-corrected chi connectivity index (χ0v) is 12.5. The van der Waals surface area contributed by atoms with Crippen LogP contribution >= 0.6 is 15.9 Å². The SMILES string of the molecule is Cc1noc(C)c1C(C)NC(=O)c1ccc(Br)nc1. The molecule has 0 saturated heterocycles. The zero-order valence-electron chi connectivity index (χ0n) is 10.9. The number of carbonyl (C=O) groups excluding carboxylic acids is 1. The van der Waals surface area contributed by atoms with E-state index in [9.17, 15) is 4.79 Å². The number of halogens is 1. The molecule has 0 fully saturated rings. The second-order valence-electron chi connectivity index (χ2n) is 4.30. The number of nitrogens with one attached hydrogen (secondary N) is 1. The molecule has 0 aromatic carbocycles. The van der Waals surface area contributed by atoms with Gasteiger partial charge in [-0.1, -0.05) is 5.16 Å². The predicted octanol–water partition coefficient (Wildman–Crippen LogP) is 2.94. The van der Waals surface area contributed by atoms with Gasteiger partial charge in [-0.2, -0.15) is 0 Å². The van der Waals surface area contributed by atoms with E-state index in [2.05, 4.69) is 31.4 Å². The fourth-order valence-corrected chi connectivity index (χ4v) is 2.21. The topological polar surface area (TPSA) is 68.0 Å². The largest absolute Gasteiger partial charge is 0.361 e. The number of pyridine rings is 1. The predicted molar refractivity (Wildman–Crippen MR) is 73.8 cm³/mol. The van der Waals surface area contributed by atoms with Crippen molar-refractivity contribution >= 4 is 21.8 Å². The van der Waals surface area contributed by atoms with Crippen molar-refractivity contribution in [3.63, 3.8) is 0 Å². The molecule has 6 heteroatoms. The molecule has 2 aromatic heterocycles. The smallest absolute Gasteiger partial charge is 0.253 e. The summed E-state index contributed by atoms with van der Waals surface area (Å²) in [5.74, 6) is 0.548. The Kier molecular flexibility index (Phi) is 3.99. The molecule has 0 aliphatic carbocycles. The Balaban J connectivity index is 2.13. The lowest BCUT2D eigenvalue weighted by Gasteiger charge is -2.13. The normalized spacial score (nSPS) is 12.2. The molecule has 1 atom stereocenters. The summed E-state index contributed by atoms with van der Waals surface area (Å²) < 4.78 is 5.80. The van der Waals surface area contributed by atoms with Gasteiger partial charge in [-0.25, -0.2) is 4.98 Å². The van der Waals surface area contributed by atoms with Crippen molar-refractivity contribution in [2.45, 2.75) is 26.8 Å². The minimum absolute atomic E-state index is 0.164. The monoisotopic (exact) mass is 323 g/mol.